The van der Waals surface area contributed by atoms with Crippen LogP contribution in [0.5, 0.6) is 0 Å². The molecular weight excluding hydrogens is 376 g/mol. The highest BCUT2D eigenvalue weighted by Crippen LogP contribution is 2.43. The van der Waals surface area contributed by atoms with Gasteiger partial charge in [0.2, 0.25) is 0 Å². The topological polar surface area (TPSA) is 0 Å². The minimum atomic E-state index is 1.21. The van der Waals surface area contributed by atoms with Crippen LogP contribution in [0.3, 0.4) is 0 Å². The third kappa shape index (κ3) is 2.52. The van der Waals surface area contributed by atoms with Gasteiger partial charge < -0.3 is 0 Å². The quantitative estimate of drug-likeness (QED) is 0.570. The molecule has 2 aromatic heterocycles. The largest absolute Gasteiger partial charge is 0.139 e. The van der Waals surface area contributed by atoms with E-state index in [0.29, 0.717) is 0 Å². The predicted molar refractivity (Wildman–Crippen MR) is 79.6 cm³/mol. The molecule has 0 aliphatic rings. The van der Waals surface area contributed by atoms with Crippen molar-refractivity contribution in [1.29, 1.82) is 0 Å². The van der Waals surface area contributed by atoms with Crippen molar-refractivity contribution in [3.8, 4) is 9.75 Å². The van der Waals surface area contributed by atoms with Gasteiger partial charge in [0.25, 0.3) is 0 Å². The Labute approximate surface area is 118 Å². The lowest BCUT2D eigenvalue weighted by atomic mass is 10.4. The lowest BCUT2D eigenvalue weighted by molar-refractivity contribution is 1.59. The van der Waals surface area contributed by atoms with Gasteiger partial charge in [0.05, 0.1) is 4.21 Å². The Balaban J connectivity index is 2.45. The van der Waals surface area contributed by atoms with Crippen LogP contribution in [0.25, 0.3) is 9.75 Å². The van der Waals surface area contributed by atoms with Crippen molar-refractivity contribution in [3.63, 3.8) is 0 Å². The van der Waals surface area contributed by atoms with Crippen molar-refractivity contribution in [2.45, 2.75) is 11.1 Å². The zero-order valence-electron chi connectivity index (χ0n) is 8.14. The number of hydrogen-bond donors (Lipinski definition) is 0. The van der Waals surface area contributed by atoms with E-state index in [0.717, 1.165) is 0 Å². The van der Waals surface area contributed by atoms with Crippen molar-refractivity contribution in [3.05, 3.63) is 26.0 Å². The number of rotatable bonds is 2. The fourth-order valence-electron chi connectivity index (χ4n) is 1.19. The van der Waals surface area contributed by atoms with Crippen LogP contribution < -0.4 is 0 Å². The summed E-state index contributed by atoms with van der Waals surface area (Å²) >= 11 is 12.6. The van der Waals surface area contributed by atoms with Crippen molar-refractivity contribution in [1.82, 2.24) is 0 Å². The summed E-state index contributed by atoms with van der Waals surface area (Å²) in [6.45, 7) is 2.14. The van der Waals surface area contributed by atoms with E-state index >= 15 is 0 Å². The van der Waals surface area contributed by atoms with Crippen LogP contribution >= 0.6 is 66.3 Å². The lowest BCUT2D eigenvalue weighted by Crippen LogP contribution is -1.57. The van der Waals surface area contributed by atoms with Crippen LogP contribution in [0.1, 0.15) is 4.88 Å². The normalized spacial score (nSPS) is 10.9. The Kier molecular flexibility index (Phi) is 3.99. The number of thiophene rings is 2. The first kappa shape index (κ1) is 12.2. The third-order valence-corrected chi connectivity index (χ3v) is 7.69. The Morgan fingerprint density at radius 2 is 1.67 bits per heavy atom. The van der Waals surface area contributed by atoms with Crippen molar-refractivity contribution < 1.29 is 0 Å². The van der Waals surface area contributed by atoms with E-state index in [2.05, 4.69) is 57.2 Å². The van der Waals surface area contributed by atoms with Gasteiger partial charge in [0.1, 0.15) is 0 Å². The van der Waals surface area contributed by atoms with Gasteiger partial charge in [-0.1, -0.05) is 0 Å². The molecule has 0 bridgehead atoms. The number of halogens is 2. The molecule has 0 amide bonds. The Bertz CT molecular complexity index is 465. The van der Waals surface area contributed by atoms with Crippen LogP contribution in [0.4, 0.5) is 0 Å². The Morgan fingerprint density at radius 3 is 2.13 bits per heavy atom. The fourth-order valence-corrected chi connectivity index (χ4v) is 5.55. The first-order chi connectivity index (χ1) is 7.11. The molecule has 0 radical (unpaired) electrons. The van der Waals surface area contributed by atoms with Crippen molar-refractivity contribution in [2.24, 2.45) is 0 Å². The van der Waals surface area contributed by atoms with Gasteiger partial charge in [-0.2, -0.15) is 0 Å². The Morgan fingerprint density at radius 1 is 1.07 bits per heavy atom. The maximum absolute atomic E-state index is 3.58. The fraction of sp³-hybridized carbons (Fsp3) is 0.200. The number of hydrogen-bond acceptors (Lipinski definition) is 3. The van der Waals surface area contributed by atoms with Crippen LogP contribution in [0, 0.1) is 6.92 Å². The predicted octanol–water partition coefficient (Wildman–Crippen LogP) is 6.03. The van der Waals surface area contributed by atoms with E-state index in [1.807, 2.05) is 22.7 Å². The summed E-state index contributed by atoms with van der Waals surface area (Å²) in [5.41, 5.74) is 0. The standard InChI is InChI=1S/C10H8Br2S3/c1-5-6(11)3-8(14-5)9-4-7(12)10(13-2)15-9/h3-4H,1-2H3. The maximum atomic E-state index is 3.58. The summed E-state index contributed by atoms with van der Waals surface area (Å²) in [6, 6.07) is 4.40. The lowest BCUT2D eigenvalue weighted by Gasteiger charge is -1.88. The molecule has 0 saturated heterocycles. The monoisotopic (exact) mass is 382 g/mol. The summed E-state index contributed by atoms with van der Waals surface area (Å²) in [7, 11) is 0. The van der Waals surface area contributed by atoms with Gasteiger partial charge in [-0.15, -0.1) is 34.4 Å². The minimum Gasteiger partial charge on any atom is -0.139 e. The summed E-state index contributed by atoms with van der Waals surface area (Å²) in [5.74, 6) is 0. The molecule has 0 nitrogen and oxygen atoms in total. The van der Waals surface area contributed by atoms with Gasteiger partial charge in [0.15, 0.2) is 0 Å². The Hall–Kier alpha value is 0.710. The van der Waals surface area contributed by atoms with Crippen LogP contribution in [0.2, 0.25) is 0 Å². The summed E-state index contributed by atoms with van der Waals surface area (Å²) in [5, 5.41) is 0. The van der Waals surface area contributed by atoms with Gasteiger partial charge in [-0.05, 0) is 57.2 Å². The van der Waals surface area contributed by atoms with Crippen LogP contribution in [-0.2, 0) is 0 Å². The van der Waals surface area contributed by atoms with E-state index in [1.165, 1.54) is 27.8 Å². The second kappa shape index (κ2) is 4.92. The van der Waals surface area contributed by atoms with E-state index in [-0.39, 0.29) is 0 Å². The first-order valence-corrected chi connectivity index (χ1v) is 8.66. The van der Waals surface area contributed by atoms with Crippen LogP contribution in [0.15, 0.2) is 25.3 Å². The molecule has 0 fully saturated rings. The highest BCUT2D eigenvalue weighted by molar-refractivity contribution is 9.10. The van der Waals surface area contributed by atoms with Crippen LogP contribution in [-0.4, -0.2) is 6.26 Å². The molecule has 0 aromatic carbocycles. The van der Waals surface area contributed by atoms with E-state index < -0.39 is 0 Å². The van der Waals surface area contributed by atoms with Crippen molar-refractivity contribution >= 4 is 66.3 Å². The second-order valence-electron chi connectivity index (χ2n) is 2.96. The number of thioether (sulfide) groups is 1. The average Bonchev–Trinajstić information content (AvgIpc) is 2.71. The van der Waals surface area contributed by atoms with Gasteiger partial charge in [0, 0.05) is 23.6 Å². The molecule has 2 aromatic rings. The molecule has 0 atom stereocenters. The zero-order chi connectivity index (χ0) is 11.0. The molecule has 0 saturated carbocycles. The molecule has 0 spiro atoms. The minimum absolute atomic E-state index is 1.21. The zero-order valence-corrected chi connectivity index (χ0v) is 13.8. The molecule has 0 unspecified atom stereocenters. The van der Waals surface area contributed by atoms with Gasteiger partial charge in [-0.3, -0.25) is 0 Å². The molecule has 2 rings (SSSR count). The van der Waals surface area contributed by atoms with Gasteiger partial charge >= 0.3 is 0 Å². The summed E-state index contributed by atoms with van der Waals surface area (Å²) < 4.78 is 3.75. The van der Waals surface area contributed by atoms with E-state index in [9.17, 15) is 0 Å². The van der Waals surface area contributed by atoms with Gasteiger partial charge in [-0.25, -0.2) is 0 Å². The highest BCUT2D eigenvalue weighted by atomic mass is 79.9. The van der Waals surface area contributed by atoms with E-state index in [1.54, 1.807) is 11.8 Å². The molecule has 5 heteroatoms. The molecule has 15 heavy (non-hydrogen) atoms. The molecule has 0 aliphatic heterocycles. The molecule has 0 N–H and O–H groups in total. The first-order valence-electron chi connectivity index (χ1n) is 4.21. The number of aryl methyl sites for hydroxylation is 1. The smallest absolute Gasteiger partial charge is 0.0745 e. The SMILES string of the molecule is CSc1sc(-c2cc(Br)c(C)s2)cc1Br. The van der Waals surface area contributed by atoms with E-state index in [4.69, 9.17) is 0 Å². The van der Waals surface area contributed by atoms with Crippen molar-refractivity contribution in [2.75, 3.05) is 6.26 Å². The average molecular weight is 384 g/mol. The highest BCUT2D eigenvalue weighted by Gasteiger charge is 2.11. The molecular formula is C10H8Br2S3. The second-order valence-corrected chi connectivity index (χ2v) is 8.06. The maximum Gasteiger partial charge on any atom is 0.0745 e. The molecule has 2 heterocycles. The third-order valence-electron chi connectivity index (χ3n) is 1.94. The summed E-state index contributed by atoms with van der Waals surface area (Å²) in [4.78, 5) is 4.01. The summed E-state index contributed by atoms with van der Waals surface area (Å²) in [6.07, 6.45) is 2.11. The molecule has 0 aliphatic carbocycles. The molecule has 80 valence electrons.